The first-order valence-electron chi connectivity index (χ1n) is 10.1. The molecule has 9 heteroatoms. The Labute approximate surface area is 184 Å². The highest BCUT2D eigenvalue weighted by atomic mass is 16.5. The molecule has 0 aliphatic carbocycles. The van der Waals surface area contributed by atoms with E-state index >= 15 is 0 Å². The van der Waals surface area contributed by atoms with Crippen molar-refractivity contribution in [3.05, 3.63) is 48.9 Å². The van der Waals surface area contributed by atoms with Crippen molar-refractivity contribution in [3.63, 3.8) is 0 Å². The molecule has 9 nitrogen and oxygen atoms in total. The summed E-state index contributed by atoms with van der Waals surface area (Å²) < 4.78 is 11.1. The van der Waals surface area contributed by atoms with Crippen LogP contribution in [-0.4, -0.2) is 45.9 Å². The summed E-state index contributed by atoms with van der Waals surface area (Å²) in [5.74, 6) is 1.60. The van der Waals surface area contributed by atoms with Gasteiger partial charge in [-0.1, -0.05) is 6.92 Å². The minimum Gasteiger partial charge on any atom is -0.497 e. The van der Waals surface area contributed by atoms with Gasteiger partial charge in [-0.2, -0.15) is 0 Å². The van der Waals surface area contributed by atoms with Gasteiger partial charge < -0.3 is 25.6 Å². The van der Waals surface area contributed by atoms with Crippen LogP contribution >= 0.6 is 0 Å². The van der Waals surface area contributed by atoms with Gasteiger partial charge in [0.2, 0.25) is 0 Å². The summed E-state index contributed by atoms with van der Waals surface area (Å²) in [5.41, 5.74) is 8.42. The molecular formula is C23H23N5O4. The minimum absolute atomic E-state index is 0.194. The lowest BCUT2D eigenvalue weighted by Gasteiger charge is -2.16. The van der Waals surface area contributed by atoms with Crippen LogP contribution in [0.2, 0.25) is 0 Å². The number of fused-ring (bicyclic) bond motifs is 3. The van der Waals surface area contributed by atoms with E-state index in [1.807, 2.05) is 31.2 Å². The molecular weight excluding hydrogens is 410 g/mol. The van der Waals surface area contributed by atoms with Gasteiger partial charge in [-0.3, -0.25) is 9.97 Å². The highest BCUT2D eigenvalue weighted by Gasteiger charge is 2.13. The third kappa shape index (κ3) is 4.31. The van der Waals surface area contributed by atoms with Crippen molar-refractivity contribution in [2.45, 2.75) is 19.4 Å². The van der Waals surface area contributed by atoms with Crippen LogP contribution in [0.4, 0.5) is 10.6 Å². The third-order valence-corrected chi connectivity index (χ3v) is 5.20. The Kier molecular flexibility index (Phi) is 5.89. The van der Waals surface area contributed by atoms with E-state index in [1.165, 1.54) is 0 Å². The van der Waals surface area contributed by atoms with Gasteiger partial charge >= 0.3 is 6.09 Å². The van der Waals surface area contributed by atoms with Crippen molar-refractivity contribution < 1.29 is 19.4 Å². The number of aromatic nitrogens is 3. The molecule has 0 saturated heterocycles. The van der Waals surface area contributed by atoms with Crippen molar-refractivity contribution in [1.82, 2.24) is 20.3 Å². The second-order valence-electron chi connectivity index (χ2n) is 7.27. The quantitative estimate of drug-likeness (QED) is 0.374. The molecule has 3 heterocycles. The zero-order valence-corrected chi connectivity index (χ0v) is 17.7. The number of methoxy groups -OCH3 is 1. The highest BCUT2D eigenvalue weighted by molar-refractivity contribution is 6.09. The molecule has 4 N–H and O–H groups in total. The number of hydrogen-bond acceptors (Lipinski definition) is 7. The van der Waals surface area contributed by atoms with Crippen LogP contribution in [0.3, 0.4) is 0 Å². The van der Waals surface area contributed by atoms with Crippen molar-refractivity contribution in [3.8, 4) is 22.8 Å². The van der Waals surface area contributed by atoms with Crippen molar-refractivity contribution in [2.75, 3.05) is 19.5 Å². The van der Waals surface area contributed by atoms with Crippen LogP contribution in [0.25, 0.3) is 32.9 Å². The molecule has 1 aromatic carbocycles. The average molecular weight is 433 g/mol. The second-order valence-corrected chi connectivity index (χ2v) is 7.27. The first-order chi connectivity index (χ1) is 15.5. The molecule has 0 spiro atoms. The van der Waals surface area contributed by atoms with Crippen LogP contribution in [0.15, 0.2) is 48.9 Å². The van der Waals surface area contributed by atoms with E-state index in [0.29, 0.717) is 23.7 Å². The summed E-state index contributed by atoms with van der Waals surface area (Å²) in [6, 6.07) is 9.14. The summed E-state index contributed by atoms with van der Waals surface area (Å²) in [4.78, 5) is 24.1. The van der Waals surface area contributed by atoms with Crippen LogP contribution in [0.1, 0.15) is 13.3 Å². The zero-order chi connectivity index (χ0) is 22.7. The molecule has 1 amide bonds. The Morgan fingerprint density at radius 1 is 1.12 bits per heavy atom. The number of amides is 1. The number of pyridine rings is 3. The van der Waals surface area contributed by atoms with Gasteiger partial charge in [0.15, 0.2) is 0 Å². The number of ether oxygens (including phenoxy) is 2. The first-order valence-corrected chi connectivity index (χ1v) is 10.1. The molecule has 32 heavy (non-hydrogen) atoms. The summed E-state index contributed by atoms with van der Waals surface area (Å²) in [5, 5.41) is 14.0. The maximum Gasteiger partial charge on any atom is 0.404 e. The molecule has 0 aliphatic heterocycles. The Morgan fingerprint density at radius 3 is 2.72 bits per heavy atom. The highest BCUT2D eigenvalue weighted by Crippen LogP contribution is 2.32. The molecule has 0 bridgehead atoms. The summed E-state index contributed by atoms with van der Waals surface area (Å²) in [6.45, 7) is 2.08. The number of hydrogen-bond donors (Lipinski definition) is 3. The van der Waals surface area contributed by atoms with E-state index in [0.717, 1.165) is 33.0 Å². The minimum atomic E-state index is -1.08. The van der Waals surface area contributed by atoms with Gasteiger partial charge in [0, 0.05) is 34.8 Å². The second kappa shape index (κ2) is 8.93. The number of carbonyl (C=O) groups is 1. The van der Waals surface area contributed by atoms with Crippen LogP contribution in [0, 0.1) is 0 Å². The van der Waals surface area contributed by atoms with E-state index in [1.54, 1.807) is 31.8 Å². The van der Waals surface area contributed by atoms with Crippen LogP contribution in [-0.2, 0) is 0 Å². The lowest BCUT2D eigenvalue weighted by Crippen LogP contribution is -2.37. The molecule has 0 radical (unpaired) electrons. The number of anilines is 1. The number of nitrogens with one attached hydrogen (secondary N) is 1. The standard InChI is InChI=1S/C23H23N5O4/c1-3-14(27-23(29)30)12-32-16-6-13(9-25-10-16)20-8-18-17-5-4-15(31-2)7-21(17)26-11-19(18)22(24)28-20/h4-11,14,27H,3,12H2,1-2H3,(H2,24,28)(H,29,30)/t14-/m1/s1. The predicted molar refractivity (Wildman–Crippen MR) is 122 cm³/mol. The Balaban J connectivity index is 1.69. The number of rotatable bonds is 7. The molecule has 4 rings (SSSR count). The number of benzene rings is 1. The van der Waals surface area contributed by atoms with Gasteiger partial charge in [0.25, 0.3) is 0 Å². The van der Waals surface area contributed by atoms with E-state index in [2.05, 4.69) is 20.3 Å². The SMILES string of the molecule is CC[C@H](COc1cncc(-c2cc3c(cnc4cc(OC)ccc43)c(N)n2)c1)NC(=O)O. The Morgan fingerprint density at radius 2 is 1.97 bits per heavy atom. The van der Waals surface area contributed by atoms with Crippen LogP contribution < -0.4 is 20.5 Å². The Hall–Kier alpha value is -4.14. The van der Waals surface area contributed by atoms with Gasteiger partial charge in [-0.25, -0.2) is 9.78 Å². The monoisotopic (exact) mass is 433 g/mol. The molecule has 1 atom stereocenters. The maximum absolute atomic E-state index is 10.9. The maximum atomic E-state index is 10.9. The van der Waals surface area contributed by atoms with E-state index in [-0.39, 0.29) is 12.6 Å². The van der Waals surface area contributed by atoms with Gasteiger partial charge in [-0.15, -0.1) is 0 Å². The summed E-state index contributed by atoms with van der Waals surface area (Å²) in [7, 11) is 1.62. The van der Waals surface area contributed by atoms with E-state index in [4.69, 9.17) is 20.3 Å². The fraction of sp³-hybridized carbons (Fsp3) is 0.217. The number of nitrogens with two attached hydrogens (primary N) is 1. The smallest absolute Gasteiger partial charge is 0.404 e. The molecule has 3 aromatic heterocycles. The third-order valence-electron chi connectivity index (χ3n) is 5.20. The molecule has 0 saturated carbocycles. The molecule has 0 aliphatic rings. The Bertz CT molecular complexity index is 1290. The van der Waals surface area contributed by atoms with E-state index in [9.17, 15) is 4.79 Å². The first kappa shape index (κ1) is 21.1. The van der Waals surface area contributed by atoms with Crippen molar-refractivity contribution >= 4 is 33.6 Å². The van der Waals surface area contributed by atoms with Crippen LogP contribution in [0.5, 0.6) is 11.5 Å². The normalized spacial score (nSPS) is 11.9. The average Bonchev–Trinajstić information content (AvgIpc) is 2.81. The van der Waals surface area contributed by atoms with Crippen molar-refractivity contribution in [1.29, 1.82) is 0 Å². The largest absolute Gasteiger partial charge is 0.497 e. The number of carboxylic acid groups (broad SMARTS) is 1. The van der Waals surface area contributed by atoms with Gasteiger partial charge in [0.05, 0.1) is 30.6 Å². The fourth-order valence-electron chi connectivity index (χ4n) is 3.46. The molecule has 0 fully saturated rings. The van der Waals surface area contributed by atoms with Gasteiger partial charge in [-0.05, 0) is 36.1 Å². The summed E-state index contributed by atoms with van der Waals surface area (Å²) >= 11 is 0. The fourth-order valence-corrected chi connectivity index (χ4v) is 3.46. The van der Waals surface area contributed by atoms with Crippen molar-refractivity contribution in [2.24, 2.45) is 0 Å². The predicted octanol–water partition coefficient (Wildman–Crippen LogP) is 3.86. The van der Waals surface area contributed by atoms with Gasteiger partial charge in [0.1, 0.15) is 23.9 Å². The molecule has 4 aromatic rings. The molecule has 164 valence electrons. The number of nitrogen functional groups attached to an aromatic ring is 1. The van der Waals surface area contributed by atoms with E-state index < -0.39 is 6.09 Å². The molecule has 0 unspecified atom stereocenters. The number of nitrogens with zero attached hydrogens (tertiary/aromatic N) is 3. The summed E-state index contributed by atoms with van der Waals surface area (Å²) in [6.07, 6.45) is 4.49. The lowest BCUT2D eigenvalue weighted by atomic mass is 10.0. The zero-order valence-electron chi connectivity index (χ0n) is 17.7. The lowest BCUT2D eigenvalue weighted by molar-refractivity contribution is 0.180. The topological polar surface area (TPSA) is 132 Å².